The van der Waals surface area contributed by atoms with Crippen molar-refractivity contribution in [3.63, 3.8) is 0 Å². The first-order valence-corrected chi connectivity index (χ1v) is 7.31. The number of primary amides is 1. The zero-order chi connectivity index (χ0) is 17.0. The lowest BCUT2D eigenvalue weighted by atomic mass is 10.0. The summed E-state index contributed by atoms with van der Waals surface area (Å²) in [6, 6.07) is 11.3. The number of amides is 1. The summed E-state index contributed by atoms with van der Waals surface area (Å²) in [7, 11) is 1.31. The first-order chi connectivity index (χ1) is 10.9. The highest BCUT2D eigenvalue weighted by Gasteiger charge is 2.23. The summed E-state index contributed by atoms with van der Waals surface area (Å²) >= 11 is 6.18. The molecule has 0 aliphatic heterocycles. The van der Waals surface area contributed by atoms with Gasteiger partial charge in [0.2, 0.25) is 5.91 Å². The summed E-state index contributed by atoms with van der Waals surface area (Å²) in [5.74, 6) is -0.959. The predicted molar refractivity (Wildman–Crippen MR) is 89.5 cm³/mol. The molecule has 1 unspecified atom stereocenters. The Bertz CT molecular complexity index is 746. The van der Waals surface area contributed by atoms with Crippen molar-refractivity contribution < 1.29 is 14.3 Å². The fourth-order valence-electron chi connectivity index (χ4n) is 2.29. The van der Waals surface area contributed by atoms with Crippen LogP contribution in [-0.2, 0) is 9.53 Å². The maximum Gasteiger partial charge on any atom is 0.333 e. The van der Waals surface area contributed by atoms with Crippen LogP contribution in [0.3, 0.4) is 0 Å². The van der Waals surface area contributed by atoms with Gasteiger partial charge in [0.05, 0.1) is 7.11 Å². The quantitative estimate of drug-likeness (QED) is 0.824. The van der Waals surface area contributed by atoms with Crippen LogP contribution in [0, 0.1) is 6.92 Å². The van der Waals surface area contributed by atoms with Crippen molar-refractivity contribution in [3.8, 4) is 0 Å². The average molecular weight is 333 g/mol. The number of nitrogens with two attached hydrogens (primary N) is 1. The van der Waals surface area contributed by atoms with Gasteiger partial charge in [-0.15, -0.1) is 0 Å². The molecule has 5 nitrogen and oxygen atoms in total. The van der Waals surface area contributed by atoms with E-state index in [2.05, 4.69) is 5.32 Å². The number of benzene rings is 2. The minimum absolute atomic E-state index is 0.433. The molecule has 0 bridgehead atoms. The third-order valence-corrected chi connectivity index (χ3v) is 3.80. The Morgan fingerprint density at radius 3 is 2.48 bits per heavy atom. The van der Waals surface area contributed by atoms with Crippen LogP contribution in [0.25, 0.3) is 0 Å². The van der Waals surface area contributed by atoms with Crippen molar-refractivity contribution in [1.29, 1.82) is 0 Å². The lowest BCUT2D eigenvalue weighted by Gasteiger charge is -2.19. The highest BCUT2D eigenvalue weighted by atomic mass is 35.5. The van der Waals surface area contributed by atoms with Crippen molar-refractivity contribution in [2.75, 3.05) is 12.4 Å². The number of rotatable bonds is 5. The molecule has 23 heavy (non-hydrogen) atoms. The highest BCUT2D eigenvalue weighted by molar-refractivity contribution is 6.31. The molecule has 2 rings (SSSR count). The van der Waals surface area contributed by atoms with E-state index >= 15 is 0 Å². The van der Waals surface area contributed by atoms with Crippen molar-refractivity contribution in [2.24, 2.45) is 5.73 Å². The van der Waals surface area contributed by atoms with Gasteiger partial charge in [0.15, 0.2) is 6.04 Å². The largest absolute Gasteiger partial charge is 0.467 e. The summed E-state index contributed by atoms with van der Waals surface area (Å²) in [5, 5.41) is 3.54. The highest BCUT2D eigenvalue weighted by Crippen LogP contribution is 2.28. The summed E-state index contributed by atoms with van der Waals surface area (Å²) in [5.41, 5.74) is 7.71. The molecule has 0 spiro atoms. The van der Waals surface area contributed by atoms with E-state index in [0.29, 0.717) is 27.4 Å². The Morgan fingerprint density at radius 2 is 1.91 bits per heavy atom. The maximum atomic E-state index is 12.1. The molecule has 2 aromatic rings. The predicted octanol–water partition coefficient (Wildman–Crippen LogP) is 3.07. The summed E-state index contributed by atoms with van der Waals surface area (Å²) in [6.07, 6.45) is 0. The lowest BCUT2D eigenvalue weighted by Crippen LogP contribution is -2.23. The van der Waals surface area contributed by atoms with Gasteiger partial charge in [-0.1, -0.05) is 29.8 Å². The molecular weight excluding hydrogens is 316 g/mol. The van der Waals surface area contributed by atoms with E-state index in [1.54, 1.807) is 49.4 Å². The smallest absolute Gasteiger partial charge is 0.333 e. The number of aryl methyl sites for hydroxylation is 1. The number of carbonyl (C=O) groups excluding carboxylic acids is 2. The average Bonchev–Trinajstić information content (AvgIpc) is 2.52. The van der Waals surface area contributed by atoms with Crippen LogP contribution in [0.1, 0.15) is 27.5 Å². The molecule has 0 radical (unpaired) electrons. The van der Waals surface area contributed by atoms with E-state index < -0.39 is 17.9 Å². The molecule has 120 valence electrons. The van der Waals surface area contributed by atoms with Crippen LogP contribution in [0.5, 0.6) is 0 Å². The second-order valence-corrected chi connectivity index (χ2v) is 5.42. The van der Waals surface area contributed by atoms with Gasteiger partial charge in [-0.3, -0.25) is 4.79 Å². The fraction of sp³-hybridized carbons (Fsp3) is 0.176. The van der Waals surface area contributed by atoms with Crippen molar-refractivity contribution >= 4 is 29.2 Å². The first kappa shape index (κ1) is 16.8. The van der Waals surface area contributed by atoms with Gasteiger partial charge in [-0.25, -0.2) is 4.79 Å². The van der Waals surface area contributed by atoms with Crippen molar-refractivity contribution in [2.45, 2.75) is 13.0 Å². The van der Waals surface area contributed by atoms with E-state index in [9.17, 15) is 9.59 Å². The Balaban J connectivity index is 2.36. The molecule has 0 heterocycles. The normalized spacial score (nSPS) is 11.6. The molecule has 0 saturated heterocycles. The molecule has 2 aromatic carbocycles. The molecule has 0 saturated carbocycles. The van der Waals surface area contributed by atoms with Crippen LogP contribution in [0.2, 0.25) is 5.02 Å². The summed E-state index contributed by atoms with van der Waals surface area (Å²) in [4.78, 5) is 23.4. The maximum absolute atomic E-state index is 12.1. The molecule has 0 aliphatic rings. The number of methoxy groups -OCH3 is 1. The number of carbonyl (C=O) groups is 2. The van der Waals surface area contributed by atoms with E-state index in [-0.39, 0.29) is 0 Å². The SMILES string of the molecule is COC(=O)C(Nc1ccc(C(N)=O)c(C)c1)c1ccccc1Cl. The second kappa shape index (κ2) is 7.15. The standard InChI is InChI=1S/C17H17ClN2O3/c1-10-9-11(7-8-12(10)16(19)21)20-15(17(22)23-2)13-5-3-4-6-14(13)18/h3-9,15,20H,1-2H3,(H2,19,21). The van der Waals surface area contributed by atoms with Crippen LogP contribution in [0.15, 0.2) is 42.5 Å². The van der Waals surface area contributed by atoms with E-state index in [1.165, 1.54) is 7.11 Å². The Kier molecular flexibility index (Phi) is 5.24. The van der Waals surface area contributed by atoms with Gasteiger partial charge in [0, 0.05) is 21.8 Å². The summed E-state index contributed by atoms with van der Waals surface area (Å²) in [6.45, 7) is 1.77. The topological polar surface area (TPSA) is 81.4 Å². The molecular formula is C17H17ClN2O3. The Labute approximate surface area is 139 Å². The fourth-order valence-corrected chi connectivity index (χ4v) is 2.53. The molecule has 1 atom stereocenters. The van der Waals surface area contributed by atoms with Gasteiger partial charge in [-0.2, -0.15) is 0 Å². The second-order valence-electron chi connectivity index (χ2n) is 5.02. The first-order valence-electron chi connectivity index (χ1n) is 6.93. The third kappa shape index (κ3) is 3.81. The molecule has 0 aromatic heterocycles. The number of hydrogen-bond acceptors (Lipinski definition) is 4. The Morgan fingerprint density at radius 1 is 1.22 bits per heavy atom. The molecule has 1 amide bonds. The number of halogens is 1. The van der Waals surface area contributed by atoms with Gasteiger partial charge in [0.1, 0.15) is 0 Å². The van der Waals surface area contributed by atoms with Gasteiger partial charge >= 0.3 is 5.97 Å². The van der Waals surface area contributed by atoms with Crippen LogP contribution in [-0.4, -0.2) is 19.0 Å². The van der Waals surface area contributed by atoms with E-state index in [1.807, 2.05) is 0 Å². The minimum Gasteiger partial charge on any atom is -0.467 e. The lowest BCUT2D eigenvalue weighted by molar-refractivity contribution is -0.141. The molecule has 6 heteroatoms. The molecule has 0 aliphatic carbocycles. The zero-order valence-electron chi connectivity index (χ0n) is 12.8. The third-order valence-electron chi connectivity index (χ3n) is 3.46. The number of anilines is 1. The van der Waals surface area contributed by atoms with Gasteiger partial charge in [-0.05, 0) is 36.8 Å². The van der Waals surface area contributed by atoms with Gasteiger partial charge < -0.3 is 15.8 Å². The zero-order valence-corrected chi connectivity index (χ0v) is 13.6. The number of hydrogen-bond donors (Lipinski definition) is 2. The van der Waals surface area contributed by atoms with E-state index in [4.69, 9.17) is 22.1 Å². The molecule has 3 N–H and O–H groups in total. The minimum atomic E-state index is -0.757. The van der Waals surface area contributed by atoms with Crippen molar-refractivity contribution in [1.82, 2.24) is 0 Å². The van der Waals surface area contributed by atoms with Crippen LogP contribution in [0.4, 0.5) is 5.69 Å². The van der Waals surface area contributed by atoms with Crippen LogP contribution < -0.4 is 11.1 Å². The Hall–Kier alpha value is -2.53. The number of ether oxygens (including phenoxy) is 1. The van der Waals surface area contributed by atoms with Crippen LogP contribution >= 0.6 is 11.6 Å². The van der Waals surface area contributed by atoms with Gasteiger partial charge in [0.25, 0.3) is 0 Å². The summed E-state index contributed by atoms with van der Waals surface area (Å²) < 4.78 is 4.85. The monoisotopic (exact) mass is 332 g/mol. The number of esters is 1. The number of nitrogens with one attached hydrogen (secondary N) is 1. The van der Waals surface area contributed by atoms with E-state index in [0.717, 1.165) is 0 Å². The molecule has 0 fully saturated rings. The van der Waals surface area contributed by atoms with Crippen molar-refractivity contribution in [3.05, 3.63) is 64.2 Å².